The van der Waals surface area contributed by atoms with Crippen LogP contribution >= 0.6 is 0 Å². The molecule has 23 heavy (non-hydrogen) atoms. The number of hydrogen-bond acceptors (Lipinski definition) is 5. The fourth-order valence-electron chi connectivity index (χ4n) is 2.00. The second kappa shape index (κ2) is 6.80. The van der Waals surface area contributed by atoms with Crippen LogP contribution in [0, 0.1) is 0 Å². The maximum Gasteiger partial charge on any atom is 0.274 e. The first-order valence-corrected chi connectivity index (χ1v) is 6.86. The van der Waals surface area contributed by atoms with E-state index in [1.54, 1.807) is 31.2 Å². The number of benzene rings is 2. The zero-order valence-electron chi connectivity index (χ0n) is 12.4. The molecule has 0 aliphatic carbocycles. The topological polar surface area (TPSA) is 116 Å². The van der Waals surface area contributed by atoms with Crippen molar-refractivity contribution in [1.29, 1.82) is 0 Å². The Morgan fingerprint density at radius 2 is 1.70 bits per heavy atom. The number of phenols is 2. The van der Waals surface area contributed by atoms with E-state index in [0.29, 0.717) is 10.7 Å². The first-order chi connectivity index (χ1) is 10.9. The zero-order chi connectivity index (χ0) is 17.0. The number of nitrogens with zero attached hydrogens (tertiary/aromatic N) is 1. The van der Waals surface area contributed by atoms with Crippen molar-refractivity contribution in [2.75, 3.05) is 0 Å². The minimum Gasteiger partial charge on any atom is -0.508 e. The van der Waals surface area contributed by atoms with Crippen LogP contribution in [0.3, 0.4) is 0 Å². The Morgan fingerprint density at radius 1 is 1.09 bits per heavy atom. The third-order valence-electron chi connectivity index (χ3n) is 3.37. The summed E-state index contributed by atoms with van der Waals surface area (Å²) in [5.74, 6) is 3.61. The van der Waals surface area contributed by atoms with Gasteiger partial charge >= 0.3 is 0 Å². The van der Waals surface area contributed by atoms with Crippen molar-refractivity contribution in [3.63, 3.8) is 0 Å². The number of rotatable bonds is 3. The van der Waals surface area contributed by atoms with Crippen molar-refractivity contribution in [2.45, 2.75) is 12.8 Å². The summed E-state index contributed by atoms with van der Waals surface area (Å²) < 4.78 is 0. The Hall–Kier alpha value is -3.06. The lowest BCUT2D eigenvalue weighted by atomic mass is 10.0. The monoisotopic (exact) mass is 315 g/mol. The summed E-state index contributed by atoms with van der Waals surface area (Å²) in [6.07, 6.45) is 0. The molecule has 2 aromatic carbocycles. The molecular weight excluding hydrogens is 298 g/mol. The van der Waals surface area contributed by atoms with Crippen LogP contribution in [-0.4, -0.2) is 27.1 Å². The highest BCUT2D eigenvalue weighted by molar-refractivity contribution is 5.98. The fourth-order valence-corrected chi connectivity index (χ4v) is 2.00. The van der Waals surface area contributed by atoms with Crippen molar-refractivity contribution in [3.05, 3.63) is 59.7 Å². The normalized spacial score (nSPS) is 11.6. The van der Waals surface area contributed by atoms with Crippen molar-refractivity contribution in [3.8, 4) is 11.5 Å². The molecule has 2 rings (SSSR count). The van der Waals surface area contributed by atoms with E-state index in [-0.39, 0.29) is 17.1 Å². The first kappa shape index (κ1) is 16.3. The summed E-state index contributed by atoms with van der Waals surface area (Å²) >= 11 is 0. The van der Waals surface area contributed by atoms with Gasteiger partial charge in [0.1, 0.15) is 11.5 Å². The third-order valence-corrected chi connectivity index (χ3v) is 3.37. The van der Waals surface area contributed by atoms with E-state index in [4.69, 9.17) is 5.84 Å². The van der Waals surface area contributed by atoms with Gasteiger partial charge in [-0.3, -0.25) is 9.59 Å². The summed E-state index contributed by atoms with van der Waals surface area (Å²) in [5, 5.41) is 19.5. The number of carbonyl (C=O) groups is 2. The van der Waals surface area contributed by atoms with Gasteiger partial charge in [0, 0.05) is 0 Å². The van der Waals surface area contributed by atoms with E-state index in [2.05, 4.69) is 5.43 Å². The van der Waals surface area contributed by atoms with Crippen LogP contribution in [0.25, 0.3) is 0 Å². The molecule has 7 nitrogen and oxygen atoms in total. The molecule has 7 heteroatoms. The average Bonchev–Trinajstić information content (AvgIpc) is 2.54. The summed E-state index contributed by atoms with van der Waals surface area (Å²) in [5.41, 5.74) is 2.86. The molecule has 0 aliphatic heterocycles. The van der Waals surface area contributed by atoms with E-state index in [1.165, 1.54) is 24.3 Å². The largest absolute Gasteiger partial charge is 0.508 e. The molecule has 0 radical (unpaired) electrons. The molecule has 2 aromatic rings. The van der Waals surface area contributed by atoms with E-state index < -0.39 is 17.7 Å². The van der Waals surface area contributed by atoms with Crippen LogP contribution in [0.4, 0.5) is 0 Å². The maximum atomic E-state index is 12.2. The Balaban J connectivity index is 2.06. The Labute approximate surface area is 132 Å². The van der Waals surface area contributed by atoms with Crippen molar-refractivity contribution in [1.82, 2.24) is 10.5 Å². The van der Waals surface area contributed by atoms with Crippen LogP contribution in [0.5, 0.6) is 11.5 Å². The minimum atomic E-state index is -0.697. The first-order valence-electron chi connectivity index (χ1n) is 6.86. The molecule has 0 aliphatic rings. The molecule has 120 valence electrons. The Kier molecular flexibility index (Phi) is 4.82. The van der Waals surface area contributed by atoms with Gasteiger partial charge in [-0.15, -0.1) is 0 Å². The van der Waals surface area contributed by atoms with Gasteiger partial charge in [0.25, 0.3) is 11.8 Å². The summed E-state index contributed by atoms with van der Waals surface area (Å²) in [6.45, 7) is 1.63. The van der Waals surface area contributed by atoms with E-state index >= 15 is 0 Å². The Bertz CT molecular complexity index is 716. The number of nitrogens with one attached hydrogen (secondary N) is 1. The zero-order valence-corrected chi connectivity index (χ0v) is 12.4. The molecule has 0 bridgehead atoms. The van der Waals surface area contributed by atoms with Gasteiger partial charge in [-0.1, -0.05) is 24.3 Å². The molecule has 0 heterocycles. The predicted octanol–water partition coefficient (Wildman–Crippen LogP) is 1.25. The van der Waals surface area contributed by atoms with Gasteiger partial charge in [0.2, 0.25) is 0 Å². The molecule has 1 atom stereocenters. The molecule has 0 fully saturated rings. The lowest BCUT2D eigenvalue weighted by Gasteiger charge is -2.21. The third kappa shape index (κ3) is 3.78. The van der Waals surface area contributed by atoms with E-state index in [1.807, 2.05) is 0 Å². The molecule has 0 spiro atoms. The summed E-state index contributed by atoms with van der Waals surface area (Å²) in [4.78, 5) is 24.2. The van der Waals surface area contributed by atoms with Crippen LogP contribution in [0.1, 0.15) is 28.8 Å². The van der Waals surface area contributed by atoms with E-state index in [0.717, 1.165) is 0 Å². The highest BCUT2D eigenvalue weighted by atomic mass is 16.3. The number of hydrogen-bond donors (Lipinski definition) is 4. The molecule has 2 amide bonds. The fraction of sp³-hybridized carbons (Fsp3) is 0.125. The second-order valence-electron chi connectivity index (χ2n) is 4.98. The lowest BCUT2D eigenvalue weighted by molar-refractivity contribution is -0.135. The van der Waals surface area contributed by atoms with Gasteiger partial charge in [-0.2, -0.15) is 5.12 Å². The van der Waals surface area contributed by atoms with Crippen molar-refractivity contribution in [2.24, 2.45) is 5.84 Å². The number of hydrazine groups is 2. The van der Waals surface area contributed by atoms with Crippen LogP contribution < -0.4 is 11.3 Å². The van der Waals surface area contributed by atoms with Gasteiger partial charge in [-0.05, 0) is 36.8 Å². The van der Waals surface area contributed by atoms with Gasteiger partial charge in [0.05, 0.1) is 11.5 Å². The molecule has 0 saturated carbocycles. The van der Waals surface area contributed by atoms with Gasteiger partial charge in [0.15, 0.2) is 0 Å². The molecule has 1 unspecified atom stereocenters. The van der Waals surface area contributed by atoms with Crippen LogP contribution in [0.15, 0.2) is 48.5 Å². The second-order valence-corrected chi connectivity index (χ2v) is 4.98. The van der Waals surface area contributed by atoms with Crippen LogP contribution in [-0.2, 0) is 4.79 Å². The van der Waals surface area contributed by atoms with E-state index in [9.17, 15) is 19.8 Å². The number of phenolic OH excluding ortho intramolecular Hbond substituents is 2. The number of amides is 2. The minimum absolute atomic E-state index is 0.00744. The predicted molar refractivity (Wildman–Crippen MR) is 83.1 cm³/mol. The molecule has 0 saturated heterocycles. The van der Waals surface area contributed by atoms with Crippen molar-refractivity contribution < 1.29 is 19.8 Å². The molecule has 5 N–H and O–H groups in total. The number of nitrogens with two attached hydrogens (primary N) is 1. The van der Waals surface area contributed by atoms with Gasteiger partial charge in [-0.25, -0.2) is 11.3 Å². The molecular formula is C16H17N3O4. The highest BCUT2D eigenvalue weighted by Crippen LogP contribution is 2.20. The highest BCUT2D eigenvalue weighted by Gasteiger charge is 2.22. The summed E-state index contributed by atoms with van der Waals surface area (Å²) in [6, 6.07) is 12.0. The SMILES string of the molecule is CC(C(=O)N(N)NC(=O)c1ccccc1O)c1ccc(O)cc1. The smallest absolute Gasteiger partial charge is 0.274 e. The van der Waals surface area contributed by atoms with Gasteiger partial charge < -0.3 is 10.2 Å². The quantitative estimate of drug-likeness (QED) is 0.386. The number of aromatic hydroxyl groups is 2. The lowest BCUT2D eigenvalue weighted by Crippen LogP contribution is -2.52. The average molecular weight is 315 g/mol. The standard InChI is InChI=1S/C16H17N3O4/c1-10(11-6-8-12(20)9-7-11)16(23)19(17)18-15(22)13-4-2-3-5-14(13)21/h2-10,20-21H,17H2,1H3,(H,18,22). The van der Waals surface area contributed by atoms with Crippen LogP contribution in [0.2, 0.25) is 0 Å². The van der Waals surface area contributed by atoms with Crippen molar-refractivity contribution >= 4 is 11.8 Å². The Morgan fingerprint density at radius 3 is 2.30 bits per heavy atom. The molecule has 0 aromatic heterocycles. The maximum absolute atomic E-state index is 12.2. The number of carbonyl (C=O) groups excluding carboxylic acids is 2. The summed E-state index contributed by atoms with van der Waals surface area (Å²) in [7, 11) is 0. The number of para-hydroxylation sites is 1.